The van der Waals surface area contributed by atoms with Crippen LogP contribution in [0.15, 0.2) is 18.2 Å². The maximum absolute atomic E-state index is 13.6. The van der Waals surface area contributed by atoms with Crippen LogP contribution >= 0.6 is 23.2 Å². The third kappa shape index (κ3) is 2.93. The van der Waals surface area contributed by atoms with Gasteiger partial charge in [0.2, 0.25) is 0 Å². The Kier molecular flexibility index (Phi) is 4.29. The zero-order chi connectivity index (χ0) is 12.4. The zero-order valence-corrected chi connectivity index (χ0v) is 11.3. The number of nitrogens with zero attached hydrogens (tertiary/aromatic N) is 1. The van der Waals surface area contributed by atoms with E-state index in [1.165, 1.54) is 6.07 Å². The van der Waals surface area contributed by atoms with E-state index in [0.717, 1.165) is 13.0 Å². The lowest BCUT2D eigenvalue weighted by Crippen LogP contribution is -2.33. The number of rotatable bonds is 3. The minimum Gasteiger partial charge on any atom is -0.295 e. The highest BCUT2D eigenvalue weighted by atomic mass is 35.5. The summed E-state index contributed by atoms with van der Waals surface area (Å²) in [4.78, 5) is 2.24. The monoisotopic (exact) mass is 275 g/mol. The van der Waals surface area contributed by atoms with Gasteiger partial charge in [0.15, 0.2) is 0 Å². The van der Waals surface area contributed by atoms with Crippen molar-refractivity contribution in [1.29, 1.82) is 0 Å². The molecule has 1 aliphatic rings. The van der Waals surface area contributed by atoms with Crippen molar-refractivity contribution < 1.29 is 4.39 Å². The highest BCUT2D eigenvalue weighted by molar-refractivity contribution is 6.30. The summed E-state index contributed by atoms with van der Waals surface area (Å²) in [6.07, 6.45) is 1.12. The lowest BCUT2D eigenvalue weighted by atomic mass is 10.0. The van der Waals surface area contributed by atoms with Crippen molar-refractivity contribution in [3.05, 3.63) is 34.6 Å². The van der Waals surface area contributed by atoms with Gasteiger partial charge in [0.05, 0.1) is 0 Å². The molecule has 1 aliphatic heterocycles. The topological polar surface area (TPSA) is 3.24 Å². The molecule has 1 aromatic carbocycles. The first-order valence-electron chi connectivity index (χ1n) is 5.85. The second-order valence-corrected chi connectivity index (χ2v) is 5.44. The van der Waals surface area contributed by atoms with Crippen molar-refractivity contribution in [2.75, 3.05) is 12.4 Å². The molecule has 1 heterocycles. The average Bonchev–Trinajstić information content (AvgIpc) is 2.64. The third-order valence-electron chi connectivity index (χ3n) is 3.54. The third-order valence-corrected chi connectivity index (χ3v) is 4.09. The fourth-order valence-electron chi connectivity index (χ4n) is 2.42. The highest BCUT2D eigenvalue weighted by Crippen LogP contribution is 2.27. The predicted octanol–water partition coefficient (Wildman–Crippen LogP) is 3.93. The van der Waals surface area contributed by atoms with Crippen LogP contribution in [0.25, 0.3) is 0 Å². The Morgan fingerprint density at radius 3 is 2.94 bits per heavy atom. The van der Waals surface area contributed by atoms with Crippen molar-refractivity contribution in [2.24, 2.45) is 5.92 Å². The van der Waals surface area contributed by atoms with Crippen molar-refractivity contribution in [2.45, 2.75) is 25.9 Å². The molecule has 17 heavy (non-hydrogen) atoms. The average molecular weight is 276 g/mol. The Morgan fingerprint density at radius 2 is 2.24 bits per heavy atom. The first-order chi connectivity index (χ1) is 8.11. The molecule has 2 rings (SSSR count). The molecule has 1 saturated heterocycles. The number of hydrogen-bond donors (Lipinski definition) is 0. The Bertz CT molecular complexity index is 397. The highest BCUT2D eigenvalue weighted by Gasteiger charge is 2.30. The Balaban J connectivity index is 2.12. The number of hydrogen-bond acceptors (Lipinski definition) is 1. The Morgan fingerprint density at radius 1 is 1.47 bits per heavy atom. The van der Waals surface area contributed by atoms with Crippen LogP contribution in [0.1, 0.15) is 18.9 Å². The second-order valence-electron chi connectivity index (χ2n) is 4.69. The molecule has 2 unspecified atom stereocenters. The molecular weight excluding hydrogens is 260 g/mol. The van der Waals surface area contributed by atoms with Gasteiger partial charge < -0.3 is 0 Å². The van der Waals surface area contributed by atoms with E-state index >= 15 is 0 Å². The molecule has 0 spiro atoms. The number of alkyl halides is 1. The van der Waals surface area contributed by atoms with E-state index in [1.807, 2.05) is 0 Å². The summed E-state index contributed by atoms with van der Waals surface area (Å²) in [7, 11) is 0. The molecule has 0 bridgehead atoms. The van der Waals surface area contributed by atoms with Crippen molar-refractivity contribution in [3.8, 4) is 0 Å². The molecule has 0 radical (unpaired) electrons. The van der Waals surface area contributed by atoms with Crippen LogP contribution in [0.5, 0.6) is 0 Å². The van der Waals surface area contributed by atoms with Crippen molar-refractivity contribution in [3.63, 3.8) is 0 Å². The molecule has 94 valence electrons. The minimum absolute atomic E-state index is 0.192. The molecule has 1 fully saturated rings. The van der Waals surface area contributed by atoms with Gasteiger partial charge in [-0.1, -0.05) is 18.5 Å². The lowest BCUT2D eigenvalue weighted by Gasteiger charge is -2.25. The van der Waals surface area contributed by atoms with Crippen molar-refractivity contribution in [1.82, 2.24) is 4.90 Å². The van der Waals surface area contributed by atoms with E-state index in [1.54, 1.807) is 12.1 Å². The standard InChI is InChI=1S/C13H16Cl2FN/c1-9-4-5-17(13(9)7-14)8-10-6-11(15)2-3-12(10)16/h2-3,6,9,13H,4-5,7-8H2,1H3. The summed E-state index contributed by atoms with van der Waals surface area (Å²) in [5.74, 6) is 0.987. The fraction of sp³-hybridized carbons (Fsp3) is 0.538. The van der Waals surface area contributed by atoms with Crippen molar-refractivity contribution >= 4 is 23.2 Å². The van der Waals surface area contributed by atoms with Crippen LogP contribution in [-0.2, 0) is 6.54 Å². The van der Waals surface area contributed by atoms with Crippen LogP contribution in [0.4, 0.5) is 4.39 Å². The minimum atomic E-state index is -0.192. The quantitative estimate of drug-likeness (QED) is 0.756. The molecular formula is C13H16Cl2FN. The van der Waals surface area contributed by atoms with Gasteiger partial charge in [-0.05, 0) is 37.1 Å². The first-order valence-corrected chi connectivity index (χ1v) is 6.77. The van der Waals surface area contributed by atoms with E-state index in [-0.39, 0.29) is 5.82 Å². The van der Waals surface area contributed by atoms with Crippen LogP contribution < -0.4 is 0 Å². The summed E-state index contributed by atoms with van der Waals surface area (Å²) in [5.41, 5.74) is 0.654. The molecule has 0 saturated carbocycles. The fourth-order valence-corrected chi connectivity index (χ4v) is 3.11. The number of likely N-dealkylation sites (tertiary alicyclic amines) is 1. The maximum atomic E-state index is 13.6. The van der Waals surface area contributed by atoms with Gasteiger partial charge in [0.25, 0.3) is 0 Å². The van der Waals surface area contributed by atoms with Crippen LogP contribution in [0.3, 0.4) is 0 Å². The summed E-state index contributed by atoms with van der Waals surface area (Å²) in [6.45, 7) is 3.76. The molecule has 4 heteroatoms. The molecule has 0 amide bonds. The van der Waals surface area contributed by atoms with Gasteiger partial charge >= 0.3 is 0 Å². The van der Waals surface area contributed by atoms with E-state index in [0.29, 0.717) is 35.0 Å². The summed E-state index contributed by atoms with van der Waals surface area (Å²) in [5, 5.41) is 0.580. The zero-order valence-electron chi connectivity index (χ0n) is 9.80. The normalized spacial score (nSPS) is 25.4. The van der Waals surface area contributed by atoms with E-state index in [9.17, 15) is 4.39 Å². The number of halogens is 3. The predicted molar refractivity (Wildman–Crippen MR) is 70.1 cm³/mol. The van der Waals surface area contributed by atoms with E-state index in [4.69, 9.17) is 23.2 Å². The van der Waals surface area contributed by atoms with Gasteiger partial charge in [0.1, 0.15) is 5.82 Å². The van der Waals surface area contributed by atoms with Crippen LogP contribution in [-0.4, -0.2) is 23.4 Å². The van der Waals surface area contributed by atoms with E-state index < -0.39 is 0 Å². The molecule has 2 atom stereocenters. The van der Waals surface area contributed by atoms with Crippen LogP contribution in [0, 0.1) is 11.7 Å². The largest absolute Gasteiger partial charge is 0.295 e. The first kappa shape index (κ1) is 13.1. The Hall–Kier alpha value is -0.310. The summed E-state index contributed by atoms with van der Waals surface area (Å²) in [6, 6.07) is 5.04. The smallest absolute Gasteiger partial charge is 0.127 e. The van der Waals surface area contributed by atoms with Gasteiger partial charge in [-0.25, -0.2) is 4.39 Å². The second kappa shape index (κ2) is 5.55. The van der Waals surface area contributed by atoms with Gasteiger partial charge in [0, 0.05) is 29.1 Å². The van der Waals surface area contributed by atoms with Gasteiger partial charge in [-0.3, -0.25) is 4.90 Å². The Labute approximate surface area is 112 Å². The maximum Gasteiger partial charge on any atom is 0.127 e. The van der Waals surface area contributed by atoms with Gasteiger partial charge in [-0.2, -0.15) is 0 Å². The molecule has 1 aromatic rings. The molecule has 0 aromatic heterocycles. The van der Waals surface area contributed by atoms with Gasteiger partial charge in [-0.15, -0.1) is 11.6 Å². The number of benzene rings is 1. The SMILES string of the molecule is CC1CCN(Cc2cc(Cl)ccc2F)C1CCl. The summed E-state index contributed by atoms with van der Waals surface area (Å²) >= 11 is 11.9. The van der Waals surface area contributed by atoms with E-state index in [2.05, 4.69) is 11.8 Å². The molecule has 0 aliphatic carbocycles. The summed E-state index contributed by atoms with van der Waals surface area (Å²) < 4.78 is 13.6. The van der Waals surface area contributed by atoms with Crippen LogP contribution in [0.2, 0.25) is 5.02 Å². The lowest BCUT2D eigenvalue weighted by molar-refractivity contribution is 0.239. The molecule has 0 N–H and O–H groups in total. The molecule has 1 nitrogen and oxygen atoms in total.